The summed E-state index contributed by atoms with van der Waals surface area (Å²) in [4.78, 5) is 37.4. The first-order chi connectivity index (χ1) is 20.3. The molecule has 0 unspecified atom stereocenters. The zero-order valence-corrected chi connectivity index (χ0v) is 24.9. The highest BCUT2D eigenvalue weighted by Crippen LogP contribution is 2.37. The van der Waals surface area contributed by atoms with Crippen molar-refractivity contribution in [3.63, 3.8) is 0 Å². The molecule has 2 aliphatic heterocycles. The van der Waals surface area contributed by atoms with Crippen molar-refractivity contribution in [2.45, 2.75) is 45.7 Å². The number of amides is 2. The first kappa shape index (κ1) is 29.1. The molecule has 0 spiro atoms. The van der Waals surface area contributed by atoms with E-state index in [9.17, 15) is 14.9 Å². The summed E-state index contributed by atoms with van der Waals surface area (Å²) in [5.74, 6) is 0.452. The van der Waals surface area contributed by atoms with Crippen LogP contribution < -0.4 is 20.4 Å². The van der Waals surface area contributed by atoms with Crippen LogP contribution in [0.4, 0.5) is 17.2 Å². The molecule has 42 heavy (non-hydrogen) atoms. The third kappa shape index (κ3) is 5.68. The van der Waals surface area contributed by atoms with Crippen LogP contribution in [0.25, 0.3) is 0 Å². The number of carbonyl (C=O) groups excluding carboxylic acids is 2. The average Bonchev–Trinajstić information content (AvgIpc) is 3.02. The Kier molecular flexibility index (Phi) is 8.74. The fourth-order valence-electron chi connectivity index (χ4n) is 6.26. The highest BCUT2D eigenvalue weighted by atomic mass is 16.2. The van der Waals surface area contributed by atoms with Crippen molar-refractivity contribution in [3.8, 4) is 6.07 Å². The second-order valence-electron chi connectivity index (χ2n) is 11.2. The van der Waals surface area contributed by atoms with Crippen LogP contribution in [-0.4, -0.2) is 73.6 Å². The van der Waals surface area contributed by atoms with E-state index in [1.165, 1.54) is 0 Å². The molecule has 0 bridgehead atoms. The van der Waals surface area contributed by atoms with E-state index in [-0.39, 0.29) is 23.9 Å². The lowest BCUT2D eigenvalue weighted by molar-refractivity contribution is 0.0724. The van der Waals surface area contributed by atoms with Gasteiger partial charge >= 0.3 is 0 Å². The summed E-state index contributed by atoms with van der Waals surface area (Å²) in [6.07, 6.45) is 3.59. The molecule has 9 nitrogen and oxygen atoms in total. The quantitative estimate of drug-likeness (QED) is 0.462. The molecular weight excluding hydrogens is 526 g/mol. The number of nitriles is 1. The molecule has 2 fully saturated rings. The number of nitrogens with one attached hydrogen (secondary N) is 2. The molecule has 0 saturated carbocycles. The minimum absolute atomic E-state index is 0.00775. The zero-order valence-electron chi connectivity index (χ0n) is 24.9. The summed E-state index contributed by atoms with van der Waals surface area (Å²) in [6, 6.07) is 17.9. The number of aromatic nitrogens is 1. The van der Waals surface area contributed by atoms with E-state index in [2.05, 4.69) is 51.4 Å². The topological polar surface area (TPSA) is 105 Å². The second kappa shape index (κ2) is 12.6. The molecular formula is C33H39N7O2. The number of carbonyl (C=O) groups is 2. The standard InChI is InChI=1S/C33H39N7O2/c1-22-18-23(2)30(40(26-11-14-36-15-12-26)29-10-6-5-8-25(29)20-34)19-28(22)33(42)38-16-17-39(24(3)21-38)31-27(32(41)35-4)9-7-13-37-31/h5-10,13,18-19,24,26,36H,11-12,14-17,21H2,1-4H3,(H,35,41)/t24-/m0/s1. The van der Waals surface area contributed by atoms with E-state index < -0.39 is 0 Å². The summed E-state index contributed by atoms with van der Waals surface area (Å²) in [6.45, 7) is 9.56. The molecule has 3 heterocycles. The Morgan fingerprint density at radius 3 is 2.50 bits per heavy atom. The lowest BCUT2D eigenvalue weighted by atomic mass is 9.96. The largest absolute Gasteiger partial charge is 0.355 e. The van der Waals surface area contributed by atoms with Gasteiger partial charge in [0.15, 0.2) is 0 Å². The molecule has 2 aromatic carbocycles. The van der Waals surface area contributed by atoms with E-state index in [0.29, 0.717) is 42.1 Å². The molecule has 2 aliphatic rings. The molecule has 2 saturated heterocycles. The van der Waals surface area contributed by atoms with Crippen molar-refractivity contribution in [2.24, 2.45) is 0 Å². The van der Waals surface area contributed by atoms with Crippen molar-refractivity contribution in [3.05, 3.63) is 82.5 Å². The van der Waals surface area contributed by atoms with Crippen molar-refractivity contribution in [1.29, 1.82) is 5.26 Å². The van der Waals surface area contributed by atoms with Gasteiger partial charge in [-0.15, -0.1) is 0 Å². The maximum atomic E-state index is 14.1. The van der Waals surface area contributed by atoms with Crippen LogP contribution in [0, 0.1) is 25.2 Å². The minimum atomic E-state index is -0.178. The number of piperazine rings is 1. The van der Waals surface area contributed by atoms with E-state index in [1.54, 1.807) is 25.4 Å². The van der Waals surface area contributed by atoms with E-state index >= 15 is 0 Å². The maximum absolute atomic E-state index is 14.1. The number of hydrogen-bond donors (Lipinski definition) is 2. The van der Waals surface area contributed by atoms with Crippen LogP contribution >= 0.6 is 0 Å². The summed E-state index contributed by atoms with van der Waals surface area (Å²) in [5.41, 5.74) is 5.68. The second-order valence-corrected chi connectivity index (χ2v) is 11.2. The van der Waals surface area contributed by atoms with Crippen molar-refractivity contribution < 1.29 is 9.59 Å². The number of hydrogen-bond acceptors (Lipinski definition) is 7. The third-order valence-corrected chi connectivity index (χ3v) is 8.44. The van der Waals surface area contributed by atoms with Crippen molar-refractivity contribution in [2.75, 3.05) is 49.6 Å². The highest BCUT2D eigenvalue weighted by Gasteiger charge is 2.32. The number of rotatable bonds is 6. The van der Waals surface area contributed by atoms with Gasteiger partial charge < -0.3 is 25.3 Å². The lowest BCUT2D eigenvalue weighted by Gasteiger charge is -2.41. The fraction of sp³-hybridized carbons (Fsp3) is 0.394. The predicted molar refractivity (Wildman–Crippen MR) is 165 cm³/mol. The number of benzene rings is 2. The molecule has 9 heteroatoms. The number of nitrogens with zero attached hydrogens (tertiary/aromatic N) is 5. The van der Waals surface area contributed by atoms with Crippen LogP contribution in [0.15, 0.2) is 54.7 Å². The minimum Gasteiger partial charge on any atom is -0.355 e. The first-order valence-corrected chi connectivity index (χ1v) is 14.7. The molecule has 3 aromatic rings. The van der Waals surface area contributed by atoms with Gasteiger partial charge in [-0.25, -0.2) is 4.98 Å². The van der Waals surface area contributed by atoms with Gasteiger partial charge in [-0.2, -0.15) is 5.26 Å². The van der Waals surface area contributed by atoms with Gasteiger partial charge in [0.05, 0.1) is 16.8 Å². The van der Waals surface area contributed by atoms with Gasteiger partial charge in [-0.3, -0.25) is 9.59 Å². The van der Waals surface area contributed by atoms with Crippen LogP contribution in [0.1, 0.15) is 57.2 Å². The molecule has 5 rings (SSSR count). The van der Waals surface area contributed by atoms with Gasteiger partial charge in [0.1, 0.15) is 11.9 Å². The van der Waals surface area contributed by atoms with Gasteiger partial charge in [-0.05, 0) is 88.2 Å². The Morgan fingerprint density at radius 2 is 1.79 bits per heavy atom. The maximum Gasteiger partial charge on any atom is 0.254 e. The van der Waals surface area contributed by atoms with Crippen molar-refractivity contribution >= 4 is 29.0 Å². The Morgan fingerprint density at radius 1 is 1.02 bits per heavy atom. The zero-order chi connectivity index (χ0) is 29.8. The van der Waals surface area contributed by atoms with E-state index in [4.69, 9.17) is 0 Å². The number of piperidine rings is 1. The van der Waals surface area contributed by atoms with Crippen LogP contribution in [0.3, 0.4) is 0 Å². The number of pyridine rings is 1. The third-order valence-electron chi connectivity index (χ3n) is 8.44. The Hall–Kier alpha value is -4.42. The highest BCUT2D eigenvalue weighted by molar-refractivity contribution is 5.99. The van der Waals surface area contributed by atoms with Gasteiger partial charge in [0.2, 0.25) is 0 Å². The van der Waals surface area contributed by atoms with Crippen LogP contribution in [0.5, 0.6) is 0 Å². The normalized spacial score (nSPS) is 17.5. The molecule has 0 aliphatic carbocycles. The lowest BCUT2D eigenvalue weighted by Crippen LogP contribution is -2.54. The van der Waals surface area contributed by atoms with Crippen LogP contribution in [-0.2, 0) is 0 Å². The van der Waals surface area contributed by atoms with Gasteiger partial charge in [0.25, 0.3) is 11.8 Å². The number of aryl methyl sites for hydroxylation is 2. The van der Waals surface area contributed by atoms with Gasteiger partial charge in [-0.1, -0.05) is 18.2 Å². The van der Waals surface area contributed by atoms with E-state index in [0.717, 1.165) is 48.4 Å². The van der Waals surface area contributed by atoms with Gasteiger partial charge in [0, 0.05) is 56.2 Å². The average molecular weight is 566 g/mol. The molecule has 2 amide bonds. The summed E-state index contributed by atoms with van der Waals surface area (Å²) < 4.78 is 0. The van der Waals surface area contributed by atoms with Crippen LogP contribution in [0.2, 0.25) is 0 Å². The SMILES string of the molecule is CNC(=O)c1cccnc1N1CCN(C(=O)c2cc(N(c3ccccc3C#N)C3CCNCC3)c(C)cc2C)C[C@@H]1C. The summed E-state index contributed by atoms with van der Waals surface area (Å²) >= 11 is 0. The first-order valence-electron chi connectivity index (χ1n) is 14.7. The number of anilines is 3. The van der Waals surface area contributed by atoms with Crippen molar-refractivity contribution in [1.82, 2.24) is 20.5 Å². The summed E-state index contributed by atoms with van der Waals surface area (Å²) in [5, 5.41) is 16.1. The molecule has 218 valence electrons. The smallest absolute Gasteiger partial charge is 0.254 e. The Bertz CT molecular complexity index is 1510. The number of para-hydroxylation sites is 1. The Labute approximate surface area is 248 Å². The molecule has 1 atom stereocenters. The molecule has 0 radical (unpaired) electrons. The Balaban J connectivity index is 1.46. The molecule has 2 N–H and O–H groups in total. The monoisotopic (exact) mass is 565 g/mol. The fourth-order valence-corrected chi connectivity index (χ4v) is 6.26. The van der Waals surface area contributed by atoms with E-state index in [1.807, 2.05) is 42.2 Å². The summed E-state index contributed by atoms with van der Waals surface area (Å²) in [7, 11) is 1.61. The molecule has 1 aromatic heterocycles. The predicted octanol–water partition coefficient (Wildman–Crippen LogP) is 4.17.